The first kappa shape index (κ1) is 13.0. The van der Waals surface area contributed by atoms with Gasteiger partial charge in [0.1, 0.15) is 5.82 Å². The van der Waals surface area contributed by atoms with E-state index in [1.54, 1.807) is 6.20 Å². The summed E-state index contributed by atoms with van der Waals surface area (Å²) in [7, 11) is 1.91. The zero-order chi connectivity index (χ0) is 13.3. The van der Waals surface area contributed by atoms with Crippen LogP contribution in [0, 0.1) is 5.92 Å². The summed E-state index contributed by atoms with van der Waals surface area (Å²) in [6.07, 6.45) is 4.43. The number of halogens is 1. The van der Waals surface area contributed by atoms with Crippen molar-refractivity contribution in [2.45, 2.75) is 20.3 Å². The zero-order valence-corrected chi connectivity index (χ0v) is 12.3. The molecule has 0 aliphatic heterocycles. The van der Waals surface area contributed by atoms with Crippen LogP contribution in [0.4, 0.5) is 5.82 Å². The number of anilines is 1. The molecule has 0 saturated carbocycles. The van der Waals surface area contributed by atoms with Gasteiger partial charge in [-0.05, 0) is 28.3 Å². The maximum Gasteiger partial charge on any atom is 0.198 e. The number of aryl methyl sites for hydroxylation is 1. The van der Waals surface area contributed by atoms with Crippen LogP contribution in [0.25, 0.3) is 11.6 Å². The molecule has 0 atom stereocenters. The van der Waals surface area contributed by atoms with Crippen LogP contribution in [0.2, 0.25) is 0 Å². The van der Waals surface area contributed by atoms with Crippen LogP contribution < -0.4 is 5.73 Å². The molecular weight excluding hydrogens is 294 g/mol. The summed E-state index contributed by atoms with van der Waals surface area (Å²) in [4.78, 5) is 13.1. The molecular formula is C12H16BrN5. The minimum absolute atomic E-state index is 0.457. The third kappa shape index (κ3) is 2.53. The van der Waals surface area contributed by atoms with Crippen LogP contribution in [-0.4, -0.2) is 19.5 Å². The van der Waals surface area contributed by atoms with Crippen LogP contribution in [0.3, 0.4) is 0 Å². The van der Waals surface area contributed by atoms with Crippen molar-refractivity contribution in [2.75, 3.05) is 5.73 Å². The smallest absolute Gasteiger partial charge is 0.198 e. The van der Waals surface area contributed by atoms with Crippen LogP contribution >= 0.6 is 15.9 Å². The number of rotatable bonds is 3. The molecule has 0 radical (unpaired) electrons. The summed E-state index contributed by atoms with van der Waals surface area (Å²) in [5.74, 6) is 2.25. The van der Waals surface area contributed by atoms with Crippen molar-refractivity contribution in [3.05, 3.63) is 22.6 Å². The molecule has 0 bridgehead atoms. The first-order valence-electron chi connectivity index (χ1n) is 5.78. The topological polar surface area (TPSA) is 69.6 Å². The third-order valence-electron chi connectivity index (χ3n) is 2.57. The molecule has 0 aromatic carbocycles. The minimum atomic E-state index is 0.457. The number of nitrogens with two attached hydrogens (primary N) is 1. The van der Waals surface area contributed by atoms with Gasteiger partial charge in [-0.2, -0.15) is 0 Å². The molecule has 6 heteroatoms. The first-order valence-corrected chi connectivity index (χ1v) is 6.58. The van der Waals surface area contributed by atoms with E-state index in [2.05, 4.69) is 44.7 Å². The second kappa shape index (κ2) is 5.06. The quantitative estimate of drug-likeness (QED) is 0.945. The van der Waals surface area contributed by atoms with E-state index in [1.807, 2.05) is 17.8 Å². The Balaban J connectivity index is 2.51. The van der Waals surface area contributed by atoms with E-state index in [1.165, 1.54) is 0 Å². The van der Waals surface area contributed by atoms with E-state index in [4.69, 9.17) is 5.73 Å². The van der Waals surface area contributed by atoms with Gasteiger partial charge in [0.05, 0.1) is 10.2 Å². The molecule has 0 unspecified atom stereocenters. The second-order valence-electron chi connectivity index (χ2n) is 4.65. The Morgan fingerprint density at radius 2 is 2.11 bits per heavy atom. The van der Waals surface area contributed by atoms with Crippen molar-refractivity contribution in [1.29, 1.82) is 0 Å². The average molecular weight is 310 g/mol. The number of hydrogen-bond acceptors (Lipinski definition) is 4. The summed E-state index contributed by atoms with van der Waals surface area (Å²) in [6.45, 7) is 4.29. The fourth-order valence-electron chi connectivity index (χ4n) is 1.72. The van der Waals surface area contributed by atoms with Gasteiger partial charge in [0, 0.05) is 19.4 Å². The first-order chi connectivity index (χ1) is 8.49. The molecule has 2 N–H and O–H groups in total. The molecule has 0 saturated heterocycles. The van der Waals surface area contributed by atoms with E-state index < -0.39 is 0 Å². The van der Waals surface area contributed by atoms with E-state index in [0.717, 1.165) is 22.4 Å². The SMILES string of the molecule is CC(C)Cc1nc(-c2nccn2C)nc(N)c1Br. The largest absolute Gasteiger partial charge is 0.383 e. The fraction of sp³-hybridized carbons (Fsp3) is 0.417. The average Bonchev–Trinajstić information content (AvgIpc) is 2.70. The summed E-state index contributed by atoms with van der Waals surface area (Å²) in [5.41, 5.74) is 6.84. The van der Waals surface area contributed by atoms with Gasteiger partial charge in [-0.25, -0.2) is 15.0 Å². The monoisotopic (exact) mass is 309 g/mol. The lowest BCUT2D eigenvalue weighted by atomic mass is 10.1. The Labute approximate surface area is 115 Å². The Morgan fingerprint density at radius 3 is 2.67 bits per heavy atom. The van der Waals surface area contributed by atoms with Crippen molar-refractivity contribution < 1.29 is 0 Å². The Morgan fingerprint density at radius 1 is 1.39 bits per heavy atom. The van der Waals surface area contributed by atoms with Gasteiger partial charge in [0.15, 0.2) is 11.6 Å². The van der Waals surface area contributed by atoms with E-state index >= 15 is 0 Å². The molecule has 2 aromatic heterocycles. The normalized spacial score (nSPS) is 11.2. The molecule has 96 valence electrons. The molecule has 5 nitrogen and oxygen atoms in total. The number of hydrogen-bond donors (Lipinski definition) is 1. The number of imidazole rings is 1. The summed E-state index contributed by atoms with van der Waals surface area (Å²) in [5, 5.41) is 0. The predicted octanol–water partition coefficient (Wildman–Crippen LogP) is 2.42. The standard InChI is InChI=1S/C12H16BrN5/c1-7(2)6-8-9(13)10(14)17-11(16-8)12-15-4-5-18(12)3/h4-5,7H,6H2,1-3H3,(H2,14,16,17). The number of aromatic nitrogens is 4. The molecule has 18 heavy (non-hydrogen) atoms. The highest BCUT2D eigenvalue weighted by Gasteiger charge is 2.14. The van der Waals surface area contributed by atoms with Gasteiger partial charge in [0.2, 0.25) is 0 Å². The van der Waals surface area contributed by atoms with Crippen molar-refractivity contribution in [2.24, 2.45) is 13.0 Å². The van der Waals surface area contributed by atoms with Gasteiger partial charge in [-0.15, -0.1) is 0 Å². The van der Waals surface area contributed by atoms with Crippen LogP contribution in [0.1, 0.15) is 19.5 Å². The molecule has 0 aliphatic rings. The van der Waals surface area contributed by atoms with Crippen molar-refractivity contribution in [3.8, 4) is 11.6 Å². The molecule has 0 spiro atoms. The van der Waals surface area contributed by atoms with Crippen molar-refractivity contribution >= 4 is 21.7 Å². The van der Waals surface area contributed by atoms with Crippen molar-refractivity contribution in [3.63, 3.8) is 0 Å². The lowest BCUT2D eigenvalue weighted by Crippen LogP contribution is -2.07. The van der Waals surface area contributed by atoms with E-state index in [0.29, 0.717) is 17.6 Å². The Hall–Kier alpha value is -1.43. The highest BCUT2D eigenvalue weighted by Crippen LogP contribution is 2.26. The Kier molecular flexibility index (Phi) is 3.65. The molecule has 2 rings (SSSR count). The van der Waals surface area contributed by atoms with Gasteiger partial charge in [-0.1, -0.05) is 13.8 Å². The summed E-state index contributed by atoms with van der Waals surface area (Å²) in [6, 6.07) is 0. The molecule has 0 aliphatic carbocycles. The maximum atomic E-state index is 5.92. The predicted molar refractivity (Wildman–Crippen MR) is 74.9 cm³/mol. The van der Waals surface area contributed by atoms with Gasteiger partial charge < -0.3 is 10.3 Å². The number of nitrogens with zero attached hydrogens (tertiary/aromatic N) is 4. The van der Waals surface area contributed by atoms with E-state index in [-0.39, 0.29) is 0 Å². The molecule has 2 aromatic rings. The molecule has 2 heterocycles. The van der Waals surface area contributed by atoms with Gasteiger partial charge in [0.25, 0.3) is 0 Å². The van der Waals surface area contributed by atoms with Crippen LogP contribution in [0.5, 0.6) is 0 Å². The Bertz CT molecular complexity index is 562. The van der Waals surface area contributed by atoms with Gasteiger partial charge in [-0.3, -0.25) is 0 Å². The van der Waals surface area contributed by atoms with Crippen molar-refractivity contribution in [1.82, 2.24) is 19.5 Å². The highest BCUT2D eigenvalue weighted by atomic mass is 79.9. The minimum Gasteiger partial charge on any atom is -0.383 e. The summed E-state index contributed by atoms with van der Waals surface area (Å²) >= 11 is 3.45. The van der Waals surface area contributed by atoms with Crippen LogP contribution in [-0.2, 0) is 13.5 Å². The fourth-order valence-corrected chi connectivity index (χ4v) is 2.06. The second-order valence-corrected chi connectivity index (χ2v) is 5.45. The van der Waals surface area contributed by atoms with Gasteiger partial charge >= 0.3 is 0 Å². The zero-order valence-electron chi connectivity index (χ0n) is 10.7. The lowest BCUT2D eigenvalue weighted by Gasteiger charge is -2.10. The molecule has 0 fully saturated rings. The lowest BCUT2D eigenvalue weighted by molar-refractivity contribution is 0.632. The third-order valence-corrected chi connectivity index (χ3v) is 3.43. The van der Waals surface area contributed by atoms with Crippen LogP contribution in [0.15, 0.2) is 16.9 Å². The highest BCUT2D eigenvalue weighted by molar-refractivity contribution is 9.10. The number of nitrogen functional groups attached to an aromatic ring is 1. The molecule has 0 amide bonds. The van der Waals surface area contributed by atoms with E-state index in [9.17, 15) is 0 Å². The summed E-state index contributed by atoms with van der Waals surface area (Å²) < 4.78 is 2.66. The maximum absolute atomic E-state index is 5.92.